The molecule has 2 aliphatic rings. The molecule has 2 aliphatic carbocycles. The highest BCUT2D eigenvalue weighted by atomic mass is 79.9. The van der Waals surface area contributed by atoms with Crippen LogP contribution in [0.5, 0.6) is 0 Å². The van der Waals surface area contributed by atoms with E-state index in [1.807, 2.05) is 36.4 Å². The maximum absolute atomic E-state index is 13.0. The van der Waals surface area contributed by atoms with Crippen LogP contribution >= 0.6 is 15.9 Å². The Kier molecular flexibility index (Phi) is 4.23. The van der Waals surface area contributed by atoms with E-state index < -0.39 is 10.0 Å². The monoisotopic (exact) mass is 453 g/mol. The molecule has 1 N–H and O–H groups in total. The van der Waals surface area contributed by atoms with Crippen LogP contribution in [0.2, 0.25) is 0 Å². The molecule has 0 bridgehead atoms. The van der Waals surface area contributed by atoms with E-state index in [4.69, 9.17) is 0 Å². The highest BCUT2D eigenvalue weighted by molar-refractivity contribution is 9.10. The van der Waals surface area contributed by atoms with Gasteiger partial charge in [-0.15, -0.1) is 0 Å². The summed E-state index contributed by atoms with van der Waals surface area (Å²) in [4.78, 5) is 0.351. The smallest absolute Gasteiger partial charge is 0.207 e. The highest BCUT2D eigenvalue weighted by Gasteiger charge is 2.49. The molecule has 5 rings (SSSR count). The largest absolute Gasteiger partial charge is 0.240 e. The second-order valence-electron chi connectivity index (χ2n) is 7.74. The minimum atomic E-state index is -3.55. The lowest BCUT2D eigenvalue weighted by atomic mass is 10.1. The Labute approximate surface area is 174 Å². The summed E-state index contributed by atoms with van der Waals surface area (Å²) in [7, 11) is -3.55. The molecule has 0 spiro atoms. The molecule has 0 unspecified atom stereocenters. The van der Waals surface area contributed by atoms with Crippen molar-refractivity contribution in [1.29, 1.82) is 0 Å². The lowest BCUT2D eigenvalue weighted by Crippen LogP contribution is -2.27. The van der Waals surface area contributed by atoms with Crippen LogP contribution in [0.3, 0.4) is 0 Å². The molecule has 0 amide bonds. The number of rotatable bonds is 4. The molecule has 0 saturated heterocycles. The fourth-order valence-corrected chi connectivity index (χ4v) is 6.21. The first-order valence-corrected chi connectivity index (χ1v) is 11.7. The second-order valence-corrected chi connectivity index (χ2v) is 10.4. The van der Waals surface area contributed by atoms with Gasteiger partial charge in [0, 0.05) is 16.4 Å². The quantitative estimate of drug-likeness (QED) is 0.467. The standard InChI is InChI=1S/C23H20BrNO2S/c1-14-22(15-5-3-2-4-6-15)23(14)25-28(26,27)19-8-10-21-17(13-19)11-16-12-18(24)7-9-20(16)21/h2-10,12-14,22-23,25H,11H2,1H3/t14-,22-,23+/m1/s1. The van der Waals surface area contributed by atoms with Crippen LogP contribution < -0.4 is 4.72 Å². The van der Waals surface area contributed by atoms with E-state index in [1.54, 1.807) is 6.07 Å². The van der Waals surface area contributed by atoms with Gasteiger partial charge in [0.1, 0.15) is 0 Å². The molecule has 28 heavy (non-hydrogen) atoms. The summed E-state index contributed by atoms with van der Waals surface area (Å²) in [5, 5.41) is 0. The average molecular weight is 454 g/mol. The molecule has 5 heteroatoms. The van der Waals surface area contributed by atoms with Gasteiger partial charge in [0.25, 0.3) is 0 Å². The zero-order chi connectivity index (χ0) is 19.5. The third-order valence-electron chi connectivity index (χ3n) is 5.98. The minimum absolute atomic E-state index is 0.0474. The molecule has 0 aromatic heterocycles. The average Bonchev–Trinajstić information content (AvgIpc) is 3.15. The molecule has 142 valence electrons. The molecular formula is C23H20BrNO2S. The van der Waals surface area contributed by atoms with E-state index >= 15 is 0 Å². The number of fused-ring (bicyclic) bond motifs is 3. The maximum Gasteiger partial charge on any atom is 0.240 e. The molecular weight excluding hydrogens is 434 g/mol. The molecule has 3 atom stereocenters. The number of hydrogen-bond acceptors (Lipinski definition) is 2. The first-order valence-electron chi connectivity index (χ1n) is 9.43. The Hall–Kier alpha value is -1.95. The van der Waals surface area contributed by atoms with Crippen LogP contribution in [0.15, 0.2) is 76.1 Å². The van der Waals surface area contributed by atoms with Crippen LogP contribution in [-0.2, 0) is 16.4 Å². The predicted octanol–water partition coefficient (Wildman–Crippen LogP) is 5.10. The van der Waals surface area contributed by atoms with Gasteiger partial charge in [-0.3, -0.25) is 0 Å². The number of hydrogen-bond donors (Lipinski definition) is 1. The first-order chi connectivity index (χ1) is 13.4. The van der Waals surface area contributed by atoms with E-state index in [1.165, 1.54) is 16.7 Å². The Balaban J connectivity index is 1.40. The minimum Gasteiger partial charge on any atom is -0.207 e. The van der Waals surface area contributed by atoms with E-state index in [0.29, 0.717) is 10.8 Å². The zero-order valence-electron chi connectivity index (χ0n) is 15.4. The molecule has 0 heterocycles. The number of nitrogens with one attached hydrogen (secondary N) is 1. The lowest BCUT2D eigenvalue weighted by Gasteiger charge is -2.09. The fraction of sp³-hybridized carbons (Fsp3) is 0.217. The van der Waals surface area contributed by atoms with Gasteiger partial charge in [-0.25, -0.2) is 13.1 Å². The van der Waals surface area contributed by atoms with Gasteiger partial charge >= 0.3 is 0 Å². The van der Waals surface area contributed by atoms with Crippen LogP contribution in [0.1, 0.15) is 29.5 Å². The van der Waals surface area contributed by atoms with Crippen LogP contribution in [-0.4, -0.2) is 14.5 Å². The second kappa shape index (κ2) is 6.55. The van der Waals surface area contributed by atoms with Crippen molar-refractivity contribution in [2.24, 2.45) is 5.92 Å². The van der Waals surface area contributed by atoms with Crippen molar-refractivity contribution in [2.45, 2.75) is 30.2 Å². The SMILES string of the molecule is C[C@H]1[C@H](NS(=O)(=O)c2ccc3c(c2)Cc2cc(Br)ccc2-3)[C@H]1c1ccccc1. The van der Waals surface area contributed by atoms with E-state index in [9.17, 15) is 8.42 Å². The lowest BCUT2D eigenvalue weighted by molar-refractivity contribution is 0.577. The van der Waals surface area contributed by atoms with Gasteiger partial charge in [-0.05, 0) is 64.4 Å². The molecule has 0 aliphatic heterocycles. The molecule has 1 saturated carbocycles. The summed E-state index contributed by atoms with van der Waals surface area (Å²) in [5.74, 6) is 0.542. The normalized spacial score (nSPS) is 22.6. The summed E-state index contributed by atoms with van der Waals surface area (Å²) in [6.07, 6.45) is 0.764. The van der Waals surface area contributed by atoms with Crippen molar-refractivity contribution in [1.82, 2.24) is 4.72 Å². The summed E-state index contributed by atoms with van der Waals surface area (Å²) in [6.45, 7) is 2.10. The molecule has 3 nitrogen and oxygen atoms in total. The Bertz CT molecular complexity index is 1170. The summed E-state index contributed by atoms with van der Waals surface area (Å²) < 4.78 is 30.0. The van der Waals surface area contributed by atoms with Crippen LogP contribution in [0.4, 0.5) is 0 Å². The summed E-state index contributed by atoms with van der Waals surface area (Å²) >= 11 is 3.51. The van der Waals surface area contributed by atoms with Gasteiger partial charge in [0.15, 0.2) is 0 Å². The van der Waals surface area contributed by atoms with Gasteiger partial charge in [0.2, 0.25) is 10.0 Å². The van der Waals surface area contributed by atoms with E-state index in [2.05, 4.69) is 51.8 Å². The molecule has 1 fully saturated rings. The summed E-state index contributed by atoms with van der Waals surface area (Å²) in [6, 6.07) is 21.8. The Morgan fingerprint density at radius 3 is 2.36 bits per heavy atom. The molecule has 3 aromatic carbocycles. The highest BCUT2D eigenvalue weighted by Crippen LogP contribution is 2.48. The van der Waals surface area contributed by atoms with Crippen molar-refractivity contribution < 1.29 is 8.42 Å². The Morgan fingerprint density at radius 2 is 1.61 bits per heavy atom. The van der Waals surface area contributed by atoms with Crippen molar-refractivity contribution in [2.75, 3.05) is 0 Å². The van der Waals surface area contributed by atoms with Crippen molar-refractivity contribution in [3.05, 3.63) is 87.9 Å². The maximum atomic E-state index is 13.0. The number of sulfonamides is 1. The zero-order valence-corrected chi connectivity index (χ0v) is 17.8. The topological polar surface area (TPSA) is 46.2 Å². The number of benzene rings is 3. The van der Waals surface area contributed by atoms with Crippen LogP contribution in [0.25, 0.3) is 11.1 Å². The van der Waals surface area contributed by atoms with E-state index in [0.717, 1.165) is 22.0 Å². The molecule has 3 aromatic rings. The fourth-order valence-electron chi connectivity index (χ4n) is 4.40. The van der Waals surface area contributed by atoms with Gasteiger partial charge in [-0.1, -0.05) is 65.3 Å². The third-order valence-corrected chi connectivity index (χ3v) is 7.93. The number of halogens is 1. The predicted molar refractivity (Wildman–Crippen MR) is 115 cm³/mol. The third kappa shape index (κ3) is 3.02. The van der Waals surface area contributed by atoms with Crippen molar-refractivity contribution in [3.8, 4) is 11.1 Å². The Morgan fingerprint density at radius 1 is 0.929 bits per heavy atom. The van der Waals surface area contributed by atoms with Crippen molar-refractivity contribution >= 4 is 26.0 Å². The van der Waals surface area contributed by atoms with E-state index in [-0.39, 0.29) is 12.0 Å². The van der Waals surface area contributed by atoms with Gasteiger partial charge in [0.05, 0.1) is 4.90 Å². The van der Waals surface area contributed by atoms with Gasteiger partial charge < -0.3 is 0 Å². The van der Waals surface area contributed by atoms with Gasteiger partial charge in [-0.2, -0.15) is 0 Å². The molecule has 0 radical (unpaired) electrons. The summed E-state index contributed by atoms with van der Waals surface area (Å²) in [5.41, 5.74) is 5.81. The van der Waals surface area contributed by atoms with Crippen LogP contribution in [0, 0.1) is 5.92 Å². The first kappa shape index (κ1) is 18.1. The van der Waals surface area contributed by atoms with Crippen molar-refractivity contribution in [3.63, 3.8) is 0 Å².